The molecule has 2 aromatic rings. The minimum atomic E-state index is -0.588. The van der Waals surface area contributed by atoms with E-state index in [0.29, 0.717) is 10.0 Å². The zero-order valence-electron chi connectivity index (χ0n) is 11.4. The van der Waals surface area contributed by atoms with Gasteiger partial charge >= 0.3 is 5.97 Å². The molecule has 0 saturated heterocycles. The molecule has 5 nitrogen and oxygen atoms in total. The van der Waals surface area contributed by atoms with Crippen LogP contribution in [0.1, 0.15) is 20.7 Å². The van der Waals surface area contributed by atoms with Crippen LogP contribution < -0.4 is 5.32 Å². The Morgan fingerprint density at radius 3 is 2.23 bits per heavy atom. The van der Waals surface area contributed by atoms with Crippen LogP contribution >= 0.6 is 23.2 Å². The van der Waals surface area contributed by atoms with E-state index < -0.39 is 11.9 Å². The molecule has 0 atom stereocenters. The van der Waals surface area contributed by atoms with Crippen LogP contribution in [0.25, 0.3) is 0 Å². The van der Waals surface area contributed by atoms with E-state index in [1.807, 2.05) is 0 Å². The summed E-state index contributed by atoms with van der Waals surface area (Å²) in [6, 6.07) is 8.41. The van der Waals surface area contributed by atoms with E-state index in [9.17, 15) is 14.7 Å². The third kappa shape index (κ3) is 3.69. The Morgan fingerprint density at radius 2 is 1.68 bits per heavy atom. The number of hydrogen-bond acceptors (Lipinski definition) is 4. The lowest BCUT2D eigenvalue weighted by Gasteiger charge is -2.09. The molecule has 0 spiro atoms. The van der Waals surface area contributed by atoms with Crippen molar-refractivity contribution >= 4 is 40.8 Å². The lowest BCUT2D eigenvalue weighted by Crippen LogP contribution is -2.12. The molecule has 0 saturated carbocycles. The Bertz CT molecular complexity index is 726. The third-order valence-corrected chi connectivity index (χ3v) is 3.23. The van der Waals surface area contributed by atoms with Crippen LogP contribution in [0.3, 0.4) is 0 Å². The average molecular weight is 340 g/mol. The largest absolute Gasteiger partial charge is 0.506 e. The maximum absolute atomic E-state index is 12.1. The summed E-state index contributed by atoms with van der Waals surface area (Å²) < 4.78 is 4.54. The first kappa shape index (κ1) is 16.1. The van der Waals surface area contributed by atoms with Gasteiger partial charge in [-0.2, -0.15) is 0 Å². The number of halogens is 2. The molecule has 0 aliphatic heterocycles. The Kier molecular flexibility index (Phi) is 4.90. The van der Waals surface area contributed by atoms with Crippen molar-refractivity contribution in [3.63, 3.8) is 0 Å². The summed E-state index contributed by atoms with van der Waals surface area (Å²) in [5, 5.41) is 13.0. The number of anilines is 1. The molecule has 0 unspecified atom stereocenters. The summed E-state index contributed by atoms with van der Waals surface area (Å²) in [4.78, 5) is 23.5. The zero-order chi connectivity index (χ0) is 16.3. The lowest BCUT2D eigenvalue weighted by molar-refractivity contribution is 0.0600. The maximum Gasteiger partial charge on any atom is 0.337 e. The fraction of sp³-hybridized carbons (Fsp3) is 0.0667. The molecule has 0 bridgehead atoms. The van der Waals surface area contributed by atoms with Gasteiger partial charge in [-0.25, -0.2) is 4.79 Å². The summed E-state index contributed by atoms with van der Waals surface area (Å²) in [5.41, 5.74) is 0.562. The molecule has 0 aromatic heterocycles. The van der Waals surface area contributed by atoms with Gasteiger partial charge in [0.1, 0.15) is 5.75 Å². The van der Waals surface area contributed by atoms with Crippen LogP contribution in [0.2, 0.25) is 10.0 Å². The number of phenols is 1. The number of hydrogen-bond donors (Lipinski definition) is 2. The predicted octanol–water partition coefficient (Wildman–Crippen LogP) is 3.74. The molecule has 0 radical (unpaired) electrons. The molecule has 0 aliphatic carbocycles. The van der Waals surface area contributed by atoms with Crippen molar-refractivity contribution in [1.29, 1.82) is 0 Å². The minimum Gasteiger partial charge on any atom is -0.506 e. The van der Waals surface area contributed by atoms with Crippen molar-refractivity contribution in [1.82, 2.24) is 0 Å². The summed E-state index contributed by atoms with van der Waals surface area (Å²) >= 11 is 11.7. The smallest absolute Gasteiger partial charge is 0.337 e. The first-order chi connectivity index (χ1) is 10.4. The number of benzene rings is 2. The number of phenolic OH excluding ortho intramolecular Hbond substituents is 1. The van der Waals surface area contributed by atoms with Gasteiger partial charge in [0, 0.05) is 15.6 Å². The van der Waals surface area contributed by atoms with Crippen molar-refractivity contribution in [2.24, 2.45) is 0 Å². The summed E-state index contributed by atoms with van der Waals surface area (Å²) in [7, 11) is 1.23. The second kappa shape index (κ2) is 6.68. The second-order valence-corrected chi connectivity index (χ2v) is 5.21. The Hall–Kier alpha value is -2.24. The van der Waals surface area contributed by atoms with E-state index in [0.717, 1.165) is 0 Å². The fourth-order valence-corrected chi connectivity index (χ4v) is 2.29. The van der Waals surface area contributed by atoms with Gasteiger partial charge in [-0.3, -0.25) is 4.79 Å². The number of methoxy groups -OCH3 is 1. The number of aromatic hydroxyl groups is 1. The van der Waals surface area contributed by atoms with Crippen LogP contribution in [-0.4, -0.2) is 24.1 Å². The van der Waals surface area contributed by atoms with Gasteiger partial charge in [0.15, 0.2) is 0 Å². The molecule has 1 amide bonds. The van der Waals surface area contributed by atoms with Gasteiger partial charge < -0.3 is 15.2 Å². The molecular formula is C15H11Cl2NO4. The van der Waals surface area contributed by atoms with E-state index in [2.05, 4.69) is 10.1 Å². The molecule has 0 aliphatic rings. The topological polar surface area (TPSA) is 75.6 Å². The van der Waals surface area contributed by atoms with E-state index >= 15 is 0 Å². The van der Waals surface area contributed by atoms with Gasteiger partial charge in [0.25, 0.3) is 5.91 Å². The molecule has 0 heterocycles. The molecule has 22 heavy (non-hydrogen) atoms. The average Bonchev–Trinajstić information content (AvgIpc) is 2.47. The SMILES string of the molecule is COC(=O)c1ccc(NC(=O)c2cc(Cl)cc(Cl)c2)c(O)c1. The van der Waals surface area contributed by atoms with E-state index in [-0.39, 0.29) is 22.6 Å². The van der Waals surface area contributed by atoms with E-state index in [4.69, 9.17) is 23.2 Å². The second-order valence-electron chi connectivity index (χ2n) is 4.34. The van der Waals surface area contributed by atoms with Crippen LogP contribution in [0, 0.1) is 0 Å². The number of amides is 1. The standard InChI is InChI=1S/C15H11Cl2NO4/c1-22-15(21)8-2-3-12(13(19)6-8)18-14(20)9-4-10(16)7-11(17)5-9/h2-7,19H,1H3,(H,18,20). The summed E-state index contributed by atoms with van der Waals surface area (Å²) in [6.07, 6.45) is 0. The quantitative estimate of drug-likeness (QED) is 0.659. The highest BCUT2D eigenvalue weighted by Crippen LogP contribution is 2.26. The first-order valence-corrected chi connectivity index (χ1v) is 6.85. The number of rotatable bonds is 3. The number of esters is 1. The Labute approximate surface area is 136 Å². The predicted molar refractivity (Wildman–Crippen MR) is 83.9 cm³/mol. The monoisotopic (exact) mass is 339 g/mol. The van der Waals surface area contributed by atoms with Crippen molar-refractivity contribution in [3.05, 3.63) is 57.6 Å². The maximum atomic E-state index is 12.1. The van der Waals surface area contributed by atoms with Gasteiger partial charge in [-0.1, -0.05) is 23.2 Å². The van der Waals surface area contributed by atoms with Crippen molar-refractivity contribution in [2.45, 2.75) is 0 Å². The van der Waals surface area contributed by atoms with Gasteiger partial charge in [-0.05, 0) is 36.4 Å². The number of carbonyl (C=O) groups excluding carboxylic acids is 2. The normalized spacial score (nSPS) is 10.1. The highest BCUT2D eigenvalue weighted by molar-refractivity contribution is 6.35. The van der Waals surface area contributed by atoms with Crippen molar-refractivity contribution in [3.8, 4) is 5.75 Å². The van der Waals surface area contributed by atoms with E-state index in [1.165, 1.54) is 43.5 Å². The third-order valence-electron chi connectivity index (χ3n) is 2.79. The van der Waals surface area contributed by atoms with Crippen molar-refractivity contribution in [2.75, 3.05) is 12.4 Å². The summed E-state index contributed by atoms with van der Waals surface area (Å²) in [5.74, 6) is -1.34. The molecule has 0 fully saturated rings. The molecule has 2 rings (SSSR count). The van der Waals surface area contributed by atoms with Gasteiger partial charge in [-0.15, -0.1) is 0 Å². The van der Waals surface area contributed by atoms with Crippen LogP contribution in [0.5, 0.6) is 5.75 Å². The number of nitrogens with one attached hydrogen (secondary N) is 1. The molecule has 2 N–H and O–H groups in total. The van der Waals surface area contributed by atoms with Gasteiger partial charge in [0.2, 0.25) is 0 Å². The molecule has 7 heteroatoms. The minimum absolute atomic E-state index is 0.147. The van der Waals surface area contributed by atoms with E-state index in [1.54, 1.807) is 0 Å². The molecular weight excluding hydrogens is 329 g/mol. The number of carbonyl (C=O) groups is 2. The van der Waals surface area contributed by atoms with Gasteiger partial charge in [0.05, 0.1) is 18.4 Å². The zero-order valence-corrected chi connectivity index (χ0v) is 12.9. The van der Waals surface area contributed by atoms with Crippen LogP contribution in [0.15, 0.2) is 36.4 Å². The van der Waals surface area contributed by atoms with Crippen LogP contribution in [0.4, 0.5) is 5.69 Å². The molecule has 2 aromatic carbocycles. The summed E-state index contributed by atoms with van der Waals surface area (Å²) in [6.45, 7) is 0. The Morgan fingerprint density at radius 1 is 1.05 bits per heavy atom. The lowest BCUT2D eigenvalue weighted by atomic mass is 10.1. The van der Waals surface area contributed by atoms with Crippen molar-refractivity contribution < 1.29 is 19.4 Å². The highest BCUT2D eigenvalue weighted by Gasteiger charge is 2.13. The highest BCUT2D eigenvalue weighted by atomic mass is 35.5. The van der Waals surface area contributed by atoms with Crippen LogP contribution in [-0.2, 0) is 4.74 Å². The first-order valence-electron chi connectivity index (χ1n) is 6.09. The molecule has 114 valence electrons. The number of ether oxygens (including phenoxy) is 1. The Balaban J connectivity index is 2.23. The fourth-order valence-electron chi connectivity index (χ4n) is 1.76.